The average Bonchev–Trinajstić information content (AvgIpc) is 2.87. The third kappa shape index (κ3) is 2.36. The predicted molar refractivity (Wildman–Crippen MR) is 79.3 cm³/mol. The van der Waals surface area contributed by atoms with Gasteiger partial charge in [-0.3, -0.25) is 4.98 Å². The molecular weight excluding hydrogens is 249 g/mol. The summed E-state index contributed by atoms with van der Waals surface area (Å²) in [4.78, 5) is 8.59. The third-order valence-electron chi connectivity index (χ3n) is 3.11. The van der Waals surface area contributed by atoms with Gasteiger partial charge in [0.05, 0.1) is 0 Å². The highest BCUT2D eigenvalue weighted by Crippen LogP contribution is 2.12. The number of anilines is 1. The van der Waals surface area contributed by atoms with Crippen LogP contribution in [0.2, 0.25) is 0 Å². The lowest BCUT2D eigenvalue weighted by molar-refractivity contribution is 0.901. The third-order valence-corrected chi connectivity index (χ3v) is 3.11. The zero-order chi connectivity index (χ0) is 13.9. The van der Waals surface area contributed by atoms with Gasteiger partial charge in [0.25, 0.3) is 0 Å². The molecule has 0 unspecified atom stereocenters. The van der Waals surface area contributed by atoms with Gasteiger partial charge in [-0.15, -0.1) is 0 Å². The summed E-state index contributed by atoms with van der Waals surface area (Å²) in [5, 5.41) is 7.61. The lowest BCUT2D eigenvalue weighted by Crippen LogP contribution is -2.10. The summed E-state index contributed by atoms with van der Waals surface area (Å²) < 4.78 is 1.73. The fourth-order valence-corrected chi connectivity index (χ4v) is 2.03. The van der Waals surface area contributed by atoms with Crippen LogP contribution in [0.5, 0.6) is 0 Å². The highest BCUT2D eigenvalue weighted by atomic mass is 15.3. The summed E-state index contributed by atoms with van der Waals surface area (Å²) in [5.41, 5.74) is 3.37. The molecule has 0 aromatic carbocycles. The van der Waals surface area contributed by atoms with E-state index in [1.54, 1.807) is 16.9 Å². The number of fused-ring (bicyclic) bond motifs is 1. The first-order chi connectivity index (χ1) is 9.78. The maximum atomic E-state index is 5.89. The van der Waals surface area contributed by atoms with Crippen LogP contribution in [-0.4, -0.2) is 27.4 Å². The van der Waals surface area contributed by atoms with Gasteiger partial charge in [0.1, 0.15) is 19.3 Å². The molecule has 98 valence electrons. The molecular formula is C14H14BN5. The molecule has 2 radical (unpaired) electrons. The molecule has 1 N–H and O–H groups in total. The number of hydrogen-bond donors (Lipinski definition) is 1. The van der Waals surface area contributed by atoms with Crippen LogP contribution in [0.15, 0.2) is 36.8 Å². The molecule has 0 fully saturated rings. The largest absolute Gasteiger partial charge is 0.366 e. The molecule has 3 aromatic rings. The van der Waals surface area contributed by atoms with E-state index in [1.807, 2.05) is 24.4 Å². The van der Waals surface area contributed by atoms with E-state index in [4.69, 9.17) is 7.85 Å². The van der Waals surface area contributed by atoms with Gasteiger partial charge in [0.15, 0.2) is 0 Å². The van der Waals surface area contributed by atoms with Crippen molar-refractivity contribution in [1.29, 1.82) is 0 Å². The summed E-state index contributed by atoms with van der Waals surface area (Å²) >= 11 is 0. The Hall–Kier alpha value is -2.37. The second-order valence-electron chi connectivity index (χ2n) is 4.54. The van der Waals surface area contributed by atoms with Crippen molar-refractivity contribution in [1.82, 2.24) is 19.6 Å². The van der Waals surface area contributed by atoms with Crippen LogP contribution in [0.4, 0.5) is 5.82 Å². The highest BCUT2D eigenvalue weighted by molar-refractivity contribution is 6.36. The van der Waals surface area contributed by atoms with Crippen molar-refractivity contribution in [3.05, 3.63) is 48.0 Å². The van der Waals surface area contributed by atoms with Crippen LogP contribution < -0.4 is 10.8 Å². The molecule has 0 spiro atoms. The SMILES string of the molecule is [B]c1cnn2c(NCc3cccnc3)cc(CC)nc12. The molecule has 0 atom stereocenters. The van der Waals surface area contributed by atoms with Crippen LogP contribution in [0.3, 0.4) is 0 Å². The molecule has 3 rings (SSSR count). The topological polar surface area (TPSA) is 55.1 Å². The minimum Gasteiger partial charge on any atom is -0.366 e. The Balaban J connectivity index is 1.94. The van der Waals surface area contributed by atoms with Crippen molar-refractivity contribution in [2.75, 3.05) is 5.32 Å². The summed E-state index contributed by atoms with van der Waals surface area (Å²) in [6.07, 6.45) is 6.07. The number of hydrogen-bond acceptors (Lipinski definition) is 4. The first kappa shape index (κ1) is 12.7. The number of rotatable bonds is 4. The van der Waals surface area contributed by atoms with Gasteiger partial charge in [0.2, 0.25) is 0 Å². The van der Waals surface area contributed by atoms with E-state index in [1.165, 1.54) is 0 Å². The van der Waals surface area contributed by atoms with Crippen LogP contribution in [0.25, 0.3) is 5.65 Å². The Labute approximate surface area is 118 Å². The van der Waals surface area contributed by atoms with Crippen LogP contribution in [0.1, 0.15) is 18.2 Å². The lowest BCUT2D eigenvalue weighted by atomic mass is 10.0. The number of pyridine rings is 1. The fraction of sp³-hybridized carbons (Fsp3) is 0.214. The molecule has 3 aromatic heterocycles. The van der Waals surface area contributed by atoms with Crippen molar-refractivity contribution < 1.29 is 0 Å². The van der Waals surface area contributed by atoms with E-state index in [9.17, 15) is 0 Å². The Morgan fingerprint density at radius 2 is 2.25 bits per heavy atom. The van der Waals surface area contributed by atoms with Gasteiger partial charge < -0.3 is 5.32 Å². The molecule has 5 nitrogen and oxygen atoms in total. The molecule has 6 heteroatoms. The zero-order valence-electron chi connectivity index (χ0n) is 11.2. The maximum absolute atomic E-state index is 5.89. The fourth-order valence-electron chi connectivity index (χ4n) is 2.03. The molecule has 0 saturated heterocycles. The smallest absolute Gasteiger partial charge is 0.150 e. The summed E-state index contributed by atoms with van der Waals surface area (Å²) in [6, 6.07) is 5.94. The van der Waals surface area contributed by atoms with Crippen molar-refractivity contribution in [3.8, 4) is 0 Å². The van der Waals surface area contributed by atoms with Crippen molar-refractivity contribution in [2.45, 2.75) is 19.9 Å². The molecule has 0 saturated carbocycles. The molecule has 0 amide bonds. The van der Waals surface area contributed by atoms with Gasteiger partial charge in [-0.25, -0.2) is 4.98 Å². The molecule has 0 aliphatic carbocycles. The Morgan fingerprint density at radius 3 is 3.00 bits per heavy atom. The van der Waals surface area contributed by atoms with E-state index >= 15 is 0 Å². The second-order valence-corrected chi connectivity index (χ2v) is 4.54. The highest BCUT2D eigenvalue weighted by Gasteiger charge is 2.08. The second kappa shape index (κ2) is 5.32. The summed E-state index contributed by atoms with van der Waals surface area (Å²) in [5.74, 6) is 0.882. The van der Waals surface area contributed by atoms with Gasteiger partial charge in [-0.2, -0.15) is 9.61 Å². The first-order valence-electron chi connectivity index (χ1n) is 6.54. The zero-order valence-corrected chi connectivity index (χ0v) is 11.2. The Kier molecular flexibility index (Phi) is 3.37. The first-order valence-corrected chi connectivity index (χ1v) is 6.54. The van der Waals surface area contributed by atoms with Crippen molar-refractivity contribution in [3.63, 3.8) is 0 Å². The van der Waals surface area contributed by atoms with Crippen LogP contribution in [0, 0.1) is 0 Å². The molecule has 0 bridgehead atoms. The number of aryl methyl sites for hydroxylation is 1. The van der Waals surface area contributed by atoms with Crippen LogP contribution >= 0.6 is 0 Å². The molecule has 0 aliphatic rings. The molecule has 20 heavy (non-hydrogen) atoms. The normalized spacial score (nSPS) is 10.8. The van der Waals surface area contributed by atoms with Gasteiger partial charge in [0, 0.05) is 36.9 Å². The number of aromatic nitrogens is 4. The average molecular weight is 263 g/mol. The minimum absolute atomic E-state index is 0.588. The van der Waals surface area contributed by atoms with Crippen molar-refractivity contribution >= 4 is 24.8 Å². The van der Waals surface area contributed by atoms with E-state index in [0.29, 0.717) is 17.7 Å². The Morgan fingerprint density at radius 1 is 1.35 bits per heavy atom. The molecule has 3 heterocycles. The van der Waals surface area contributed by atoms with Crippen molar-refractivity contribution in [2.24, 2.45) is 0 Å². The Bertz CT molecular complexity index is 723. The van der Waals surface area contributed by atoms with Gasteiger partial charge in [-0.1, -0.05) is 13.0 Å². The monoisotopic (exact) mass is 263 g/mol. The maximum Gasteiger partial charge on any atom is 0.150 e. The minimum atomic E-state index is 0.588. The standard InChI is InChI=1S/C14H14BN5/c1-2-11-6-13(17-8-10-4-3-5-16-7-10)20-14(19-11)12(15)9-18-20/h3-7,9,17H,2,8H2,1H3. The van der Waals surface area contributed by atoms with Crippen LogP contribution in [-0.2, 0) is 13.0 Å². The van der Waals surface area contributed by atoms with E-state index in [2.05, 4.69) is 27.3 Å². The number of nitrogens with zero attached hydrogens (tertiary/aromatic N) is 4. The van der Waals surface area contributed by atoms with E-state index < -0.39 is 0 Å². The van der Waals surface area contributed by atoms with E-state index in [-0.39, 0.29) is 0 Å². The number of nitrogens with one attached hydrogen (secondary N) is 1. The van der Waals surface area contributed by atoms with Gasteiger partial charge in [-0.05, 0) is 23.5 Å². The lowest BCUT2D eigenvalue weighted by Gasteiger charge is -2.10. The van der Waals surface area contributed by atoms with Gasteiger partial charge >= 0.3 is 0 Å². The predicted octanol–water partition coefficient (Wildman–Crippen LogP) is 1.09. The van der Waals surface area contributed by atoms with E-state index in [0.717, 1.165) is 23.5 Å². The quantitative estimate of drug-likeness (QED) is 0.716. The summed E-state index contributed by atoms with van der Waals surface area (Å²) in [7, 11) is 5.89. The summed E-state index contributed by atoms with van der Waals surface area (Å²) in [6.45, 7) is 2.74. The molecule has 0 aliphatic heterocycles.